The molecule has 1 heterocycles. The molecule has 1 N–H and O–H groups in total. The molecule has 0 aliphatic carbocycles. The maximum atomic E-state index is 13.3. The number of hydrogen-bond acceptors (Lipinski definition) is 7. The molecule has 0 bridgehead atoms. The van der Waals surface area contributed by atoms with Crippen molar-refractivity contribution >= 4 is 54.2 Å². The van der Waals surface area contributed by atoms with E-state index in [2.05, 4.69) is 9.98 Å². The molecule has 0 aliphatic rings. The van der Waals surface area contributed by atoms with Crippen molar-refractivity contribution in [3.05, 3.63) is 76.7 Å². The van der Waals surface area contributed by atoms with Crippen LogP contribution in [0.15, 0.2) is 80.6 Å². The zero-order chi connectivity index (χ0) is 31.0. The average molecular weight is 626 g/mol. The van der Waals surface area contributed by atoms with Crippen LogP contribution in [0.25, 0.3) is 11.0 Å². The summed E-state index contributed by atoms with van der Waals surface area (Å²) in [5, 5.41) is 9.55. The summed E-state index contributed by atoms with van der Waals surface area (Å²) in [4.78, 5) is 19.7. The first kappa shape index (κ1) is 34.1. The number of halogens is 2. The van der Waals surface area contributed by atoms with Crippen LogP contribution in [0.4, 0.5) is 8.78 Å². The van der Waals surface area contributed by atoms with E-state index in [4.69, 9.17) is 4.74 Å². The first-order chi connectivity index (χ1) is 19.1. The van der Waals surface area contributed by atoms with Crippen molar-refractivity contribution in [2.75, 3.05) is 12.4 Å². The third kappa shape index (κ3) is 9.76. The SMILES string of the molecule is CC(C)=C(C)N=C/C=C(\C)OCC(F)(F)P.CCSc1nc2ccccc2n1S(=O)(=O)c1cc(C(=O)O)ccc1C. The average Bonchev–Trinajstić information content (AvgIpc) is 3.26. The summed E-state index contributed by atoms with van der Waals surface area (Å²) in [7, 11) is -2.56. The third-order valence-corrected chi connectivity index (χ3v) is 8.46. The Hall–Kier alpha value is -3.08. The standard InChI is InChI=1S/C17H16N2O4S2.C11H18F2NOP/c1-3-24-17-18-13-6-4-5-7-14(13)19(17)25(22,23)15-10-12(16(20)21)9-8-11(15)2;1-8(2)10(4)14-6-5-9(3)15-7-11(12,13)16/h4-10H,3H2,1-2H3,(H,20,21);5-6H,7,16H2,1-4H3/b;9-5+,14-6?. The van der Waals surface area contributed by atoms with Crippen molar-refractivity contribution in [3.8, 4) is 0 Å². The van der Waals surface area contributed by atoms with E-state index in [0.29, 0.717) is 33.3 Å². The molecule has 41 heavy (non-hydrogen) atoms. The highest BCUT2D eigenvalue weighted by atomic mass is 32.2. The molecule has 3 aromatic rings. The fourth-order valence-corrected chi connectivity index (χ4v) is 5.96. The van der Waals surface area contributed by atoms with Gasteiger partial charge in [-0.15, -0.1) is 0 Å². The van der Waals surface area contributed by atoms with E-state index in [1.165, 1.54) is 43.2 Å². The number of aromatic carboxylic acids is 1. The van der Waals surface area contributed by atoms with Gasteiger partial charge in [-0.25, -0.2) is 22.2 Å². The van der Waals surface area contributed by atoms with Crippen LogP contribution >= 0.6 is 21.0 Å². The number of nitrogens with zero attached hydrogens (tertiary/aromatic N) is 3. The summed E-state index contributed by atoms with van der Waals surface area (Å²) in [5.41, 5.74) is 0.587. The Bertz CT molecular complexity index is 1590. The predicted octanol–water partition coefficient (Wildman–Crippen LogP) is 7.15. The molecule has 222 valence electrons. The number of alkyl halides is 2. The fraction of sp³-hybridized carbons (Fsp3) is 0.321. The highest BCUT2D eigenvalue weighted by molar-refractivity contribution is 8.00. The van der Waals surface area contributed by atoms with Gasteiger partial charge in [-0.3, -0.25) is 4.99 Å². The zero-order valence-electron chi connectivity index (χ0n) is 23.7. The second-order valence-corrected chi connectivity index (χ2v) is 12.9. The molecule has 8 nitrogen and oxygen atoms in total. The normalized spacial score (nSPS) is 12.3. The summed E-state index contributed by atoms with van der Waals surface area (Å²) in [5.74, 6) is -0.102. The Morgan fingerprint density at radius 2 is 1.85 bits per heavy atom. The van der Waals surface area contributed by atoms with Crippen molar-refractivity contribution in [1.29, 1.82) is 0 Å². The summed E-state index contributed by atoms with van der Waals surface area (Å²) in [6, 6.07) is 11.1. The smallest absolute Gasteiger partial charge is 0.335 e. The number of allylic oxidation sites excluding steroid dienone is 4. The van der Waals surface area contributed by atoms with Crippen molar-refractivity contribution in [3.63, 3.8) is 0 Å². The lowest BCUT2D eigenvalue weighted by Gasteiger charge is -2.12. The second-order valence-electron chi connectivity index (χ2n) is 9.06. The summed E-state index contributed by atoms with van der Waals surface area (Å²) in [6.45, 7) is 10.3. The van der Waals surface area contributed by atoms with E-state index >= 15 is 0 Å². The van der Waals surface area contributed by atoms with Crippen LogP contribution < -0.4 is 0 Å². The molecule has 0 saturated heterocycles. The molecule has 1 aromatic heterocycles. The molecule has 0 fully saturated rings. The number of carbonyl (C=O) groups is 1. The number of carboxylic acid groups (broad SMARTS) is 1. The number of thioether (sulfide) groups is 1. The minimum absolute atomic E-state index is 0.0338. The Balaban J connectivity index is 0.000000320. The predicted molar refractivity (Wildman–Crippen MR) is 164 cm³/mol. The number of imidazole rings is 1. The number of carboxylic acids is 1. The Morgan fingerprint density at radius 1 is 1.20 bits per heavy atom. The number of hydrogen-bond donors (Lipinski definition) is 1. The maximum absolute atomic E-state index is 13.3. The van der Waals surface area contributed by atoms with Crippen LogP contribution in [0.3, 0.4) is 0 Å². The molecule has 2 aromatic carbocycles. The number of para-hydroxylation sites is 2. The highest BCUT2D eigenvalue weighted by Crippen LogP contribution is 2.30. The number of aromatic nitrogens is 2. The molecule has 1 atom stereocenters. The van der Waals surface area contributed by atoms with Gasteiger partial charge in [-0.2, -0.15) is 8.78 Å². The van der Waals surface area contributed by atoms with Gasteiger partial charge in [0.1, 0.15) is 0 Å². The molecule has 13 heteroatoms. The first-order valence-corrected chi connectivity index (χ1v) is 15.4. The van der Waals surface area contributed by atoms with E-state index < -0.39 is 28.3 Å². The van der Waals surface area contributed by atoms with Crippen LogP contribution in [-0.4, -0.2) is 52.7 Å². The largest absolute Gasteiger partial charge is 0.492 e. The monoisotopic (exact) mass is 625 g/mol. The summed E-state index contributed by atoms with van der Waals surface area (Å²) >= 11 is 1.32. The molecule has 0 amide bonds. The van der Waals surface area contributed by atoms with Crippen molar-refractivity contribution in [2.45, 2.75) is 57.3 Å². The van der Waals surface area contributed by atoms with E-state index in [-0.39, 0.29) is 10.5 Å². The summed E-state index contributed by atoms with van der Waals surface area (Å²) < 4.78 is 57.5. The molecular formula is C28H34F2N3O5PS2. The van der Waals surface area contributed by atoms with Gasteiger partial charge >= 0.3 is 5.97 Å². The molecule has 1 unspecified atom stereocenters. The van der Waals surface area contributed by atoms with Gasteiger partial charge < -0.3 is 9.84 Å². The first-order valence-electron chi connectivity index (χ1n) is 12.4. The molecule has 0 spiro atoms. The van der Waals surface area contributed by atoms with E-state index in [0.717, 1.165) is 11.3 Å². The Kier molecular flexibility index (Phi) is 12.2. The lowest BCUT2D eigenvalue weighted by molar-refractivity contribution is 0.0184. The van der Waals surface area contributed by atoms with Gasteiger partial charge in [-0.05, 0) is 76.3 Å². The topological polar surface area (TPSA) is 111 Å². The van der Waals surface area contributed by atoms with Gasteiger partial charge in [0.15, 0.2) is 11.8 Å². The van der Waals surface area contributed by atoms with E-state index in [9.17, 15) is 27.1 Å². The van der Waals surface area contributed by atoms with E-state index in [1.54, 1.807) is 50.4 Å². The van der Waals surface area contributed by atoms with Gasteiger partial charge in [0.2, 0.25) is 0 Å². The minimum Gasteiger partial charge on any atom is -0.492 e. The molecule has 3 rings (SSSR count). The number of ether oxygens (including phenoxy) is 1. The number of benzene rings is 2. The van der Waals surface area contributed by atoms with Crippen LogP contribution in [0, 0.1) is 6.92 Å². The van der Waals surface area contributed by atoms with Crippen LogP contribution in [-0.2, 0) is 14.8 Å². The van der Waals surface area contributed by atoms with Gasteiger partial charge in [0, 0.05) is 11.9 Å². The highest BCUT2D eigenvalue weighted by Gasteiger charge is 2.27. The molecule has 0 saturated carbocycles. The third-order valence-electron chi connectivity index (χ3n) is 5.51. The zero-order valence-corrected chi connectivity index (χ0v) is 26.5. The number of aliphatic imine (C=N–C) groups is 1. The molecular weight excluding hydrogens is 591 g/mol. The quantitative estimate of drug-likeness (QED) is 0.110. The fourth-order valence-electron chi connectivity index (χ4n) is 3.18. The van der Waals surface area contributed by atoms with E-state index in [1.807, 2.05) is 27.7 Å². The minimum atomic E-state index is -3.99. The van der Waals surface area contributed by atoms with Crippen molar-refractivity contribution in [2.24, 2.45) is 4.99 Å². The van der Waals surface area contributed by atoms with Crippen LogP contribution in [0.2, 0.25) is 0 Å². The summed E-state index contributed by atoms with van der Waals surface area (Å²) in [6.07, 6.45) is 3.10. The lowest BCUT2D eigenvalue weighted by Crippen LogP contribution is -2.16. The maximum Gasteiger partial charge on any atom is 0.335 e. The second kappa shape index (κ2) is 14.7. The number of fused-ring (bicyclic) bond motifs is 1. The van der Waals surface area contributed by atoms with Crippen molar-refractivity contribution in [1.82, 2.24) is 8.96 Å². The Labute approximate surface area is 245 Å². The van der Waals surface area contributed by atoms with Crippen molar-refractivity contribution < 1.29 is 31.8 Å². The molecule has 0 aliphatic heterocycles. The Morgan fingerprint density at radius 3 is 2.44 bits per heavy atom. The van der Waals surface area contributed by atoms with Gasteiger partial charge in [0.25, 0.3) is 15.7 Å². The van der Waals surface area contributed by atoms with Gasteiger partial charge in [0.05, 0.1) is 27.3 Å². The van der Waals surface area contributed by atoms with Crippen LogP contribution in [0.5, 0.6) is 0 Å². The molecule has 0 radical (unpaired) electrons. The number of aryl methyl sites for hydroxylation is 1. The number of rotatable bonds is 10. The van der Waals surface area contributed by atoms with Gasteiger partial charge in [-0.1, -0.05) is 51.7 Å². The lowest BCUT2D eigenvalue weighted by atomic mass is 10.1. The van der Waals surface area contributed by atoms with Crippen LogP contribution in [0.1, 0.15) is 50.5 Å².